The summed E-state index contributed by atoms with van der Waals surface area (Å²) in [6, 6.07) is 5.60. The standard InChI is InChI=1S/C13H15Cl2NO/c1-16-13(9-3-2-6-17-8-9)11-7-10(14)4-5-12(11)15/h4-5,7-8,13,16H,2-3,6H2,1H3. The number of ether oxygens (including phenoxy) is 1. The molecule has 1 aliphatic rings. The van der Waals surface area contributed by atoms with Gasteiger partial charge in [0.1, 0.15) is 0 Å². The largest absolute Gasteiger partial charge is 0.501 e. The van der Waals surface area contributed by atoms with Gasteiger partial charge in [0, 0.05) is 10.0 Å². The van der Waals surface area contributed by atoms with Crippen molar-refractivity contribution < 1.29 is 4.74 Å². The van der Waals surface area contributed by atoms with Gasteiger partial charge in [0.2, 0.25) is 0 Å². The Kier molecular flexibility index (Phi) is 4.32. The van der Waals surface area contributed by atoms with Crippen molar-refractivity contribution in [3.8, 4) is 0 Å². The molecule has 4 heteroatoms. The van der Waals surface area contributed by atoms with Gasteiger partial charge in [0.15, 0.2) is 0 Å². The minimum absolute atomic E-state index is 0.0708. The van der Waals surface area contributed by atoms with Crippen LogP contribution in [-0.2, 0) is 4.74 Å². The zero-order valence-corrected chi connectivity index (χ0v) is 11.2. The molecule has 0 saturated heterocycles. The van der Waals surface area contributed by atoms with Crippen LogP contribution in [0.3, 0.4) is 0 Å². The molecule has 1 N–H and O–H groups in total. The van der Waals surface area contributed by atoms with Crippen LogP contribution in [0.15, 0.2) is 30.0 Å². The second kappa shape index (κ2) is 5.76. The van der Waals surface area contributed by atoms with Crippen LogP contribution in [0, 0.1) is 0 Å². The molecule has 2 nitrogen and oxygen atoms in total. The van der Waals surface area contributed by atoms with E-state index in [1.165, 1.54) is 5.57 Å². The van der Waals surface area contributed by atoms with Crippen molar-refractivity contribution in [2.24, 2.45) is 0 Å². The molecule has 0 aromatic heterocycles. The Hall–Kier alpha value is -0.700. The van der Waals surface area contributed by atoms with Gasteiger partial charge in [-0.25, -0.2) is 0 Å². The summed E-state index contributed by atoms with van der Waals surface area (Å²) in [5.74, 6) is 0. The smallest absolute Gasteiger partial charge is 0.0876 e. The predicted octanol–water partition coefficient (Wildman–Crippen LogP) is 3.95. The van der Waals surface area contributed by atoms with Crippen LogP contribution in [0.2, 0.25) is 10.0 Å². The van der Waals surface area contributed by atoms with Crippen LogP contribution in [-0.4, -0.2) is 13.7 Å². The predicted molar refractivity (Wildman–Crippen MR) is 71.5 cm³/mol. The quantitative estimate of drug-likeness (QED) is 0.899. The van der Waals surface area contributed by atoms with E-state index in [4.69, 9.17) is 27.9 Å². The summed E-state index contributed by atoms with van der Waals surface area (Å²) in [6.45, 7) is 0.795. The van der Waals surface area contributed by atoms with Crippen molar-refractivity contribution >= 4 is 23.2 Å². The molecule has 0 amide bonds. The van der Waals surface area contributed by atoms with Gasteiger partial charge in [0.05, 0.1) is 18.9 Å². The Morgan fingerprint density at radius 3 is 2.82 bits per heavy atom. The Bertz CT molecular complexity index is 431. The molecule has 2 rings (SSSR count). The lowest BCUT2D eigenvalue weighted by molar-refractivity contribution is 0.220. The number of nitrogens with one attached hydrogen (secondary N) is 1. The molecule has 0 fully saturated rings. The van der Waals surface area contributed by atoms with Crippen molar-refractivity contribution in [3.63, 3.8) is 0 Å². The molecule has 0 radical (unpaired) electrons. The van der Waals surface area contributed by atoms with E-state index in [9.17, 15) is 0 Å². The Morgan fingerprint density at radius 1 is 1.35 bits per heavy atom. The molecule has 17 heavy (non-hydrogen) atoms. The molecule has 1 heterocycles. The Labute approximate surface area is 112 Å². The summed E-state index contributed by atoms with van der Waals surface area (Å²) < 4.78 is 5.38. The second-order valence-corrected chi connectivity index (χ2v) is 4.90. The van der Waals surface area contributed by atoms with Gasteiger partial charge in [-0.15, -0.1) is 0 Å². The van der Waals surface area contributed by atoms with Crippen LogP contribution < -0.4 is 5.32 Å². The average Bonchev–Trinajstić information content (AvgIpc) is 2.36. The normalized spacial score (nSPS) is 17.2. The fraction of sp³-hybridized carbons (Fsp3) is 0.385. The summed E-state index contributed by atoms with van der Waals surface area (Å²) in [7, 11) is 1.91. The first kappa shape index (κ1) is 12.7. The molecule has 1 aliphatic heterocycles. The highest BCUT2D eigenvalue weighted by atomic mass is 35.5. The molecule has 1 unspecified atom stereocenters. The van der Waals surface area contributed by atoms with Crippen LogP contribution in [0.5, 0.6) is 0 Å². The molecule has 1 atom stereocenters. The van der Waals surface area contributed by atoms with Crippen molar-refractivity contribution in [1.82, 2.24) is 5.32 Å². The van der Waals surface area contributed by atoms with Crippen LogP contribution in [0.1, 0.15) is 24.4 Å². The third kappa shape index (κ3) is 2.95. The van der Waals surface area contributed by atoms with E-state index < -0.39 is 0 Å². The summed E-state index contributed by atoms with van der Waals surface area (Å²) in [5, 5.41) is 4.68. The van der Waals surface area contributed by atoms with E-state index in [0.717, 1.165) is 30.0 Å². The minimum Gasteiger partial charge on any atom is -0.501 e. The molecule has 0 spiro atoms. The Morgan fingerprint density at radius 2 is 2.18 bits per heavy atom. The highest BCUT2D eigenvalue weighted by molar-refractivity contribution is 6.33. The van der Waals surface area contributed by atoms with Gasteiger partial charge in [0.25, 0.3) is 0 Å². The number of rotatable bonds is 3. The molecule has 0 saturated carbocycles. The number of benzene rings is 1. The zero-order valence-electron chi connectivity index (χ0n) is 9.67. The first-order valence-corrected chi connectivity index (χ1v) is 6.40. The van der Waals surface area contributed by atoms with E-state index in [0.29, 0.717) is 5.02 Å². The number of hydrogen-bond acceptors (Lipinski definition) is 2. The topological polar surface area (TPSA) is 21.3 Å². The number of halogens is 2. The highest BCUT2D eigenvalue weighted by Gasteiger charge is 2.19. The van der Waals surface area contributed by atoms with Crippen LogP contribution >= 0.6 is 23.2 Å². The van der Waals surface area contributed by atoms with Gasteiger partial charge in [-0.1, -0.05) is 23.2 Å². The molecular formula is C13H15Cl2NO. The Balaban J connectivity index is 2.34. The maximum absolute atomic E-state index is 6.22. The maximum Gasteiger partial charge on any atom is 0.0876 e. The lowest BCUT2D eigenvalue weighted by Gasteiger charge is -2.24. The van der Waals surface area contributed by atoms with E-state index in [-0.39, 0.29) is 6.04 Å². The third-order valence-corrected chi connectivity index (χ3v) is 3.47. The molecular weight excluding hydrogens is 257 g/mol. The van der Waals surface area contributed by atoms with E-state index in [1.807, 2.05) is 25.4 Å². The average molecular weight is 272 g/mol. The highest BCUT2D eigenvalue weighted by Crippen LogP contribution is 2.33. The fourth-order valence-corrected chi connectivity index (χ4v) is 2.48. The van der Waals surface area contributed by atoms with Gasteiger partial charge in [-0.3, -0.25) is 0 Å². The molecule has 0 bridgehead atoms. The molecule has 0 aliphatic carbocycles. The lowest BCUT2D eigenvalue weighted by Crippen LogP contribution is -2.21. The summed E-state index contributed by atoms with van der Waals surface area (Å²) in [6.07, 6.45) is 3.90. The first-order valence-electron chi connectivity index (χ1n) is 5.65. The van der Waals surface area contributed by atoms with E-state index in [1.54, 1.807) is 6.07 Å². The van der Waals surface area contributed by atoms with Crippen molar-refractivity contribution in [2.45, 2.75) is 18.9 Å². The van der Waals surface area contributed by atoms with Crippen LogP contribution in [0.4, 0.5) is 0 Å². The van der Waals surface area contributed by atoms with Crippen molar-refractivity contribution in [2.75, 3.05) is 13.7 Å². The minimum atomic E-state index is 0.0708. The van der Waals surface area contributed by atoms with Gasteiger partial charge >= 0.3 is 0 Å². The first-order chi connectivity index (χ1) is 8.22. The lowest BCUT2D eigenvalue weighted by atomic mass is 9.95. The van der Waals surface area contributed by atoms with Gasteiger partial charge < -0.3 is 10.1 Å². The SMILES string of the molecule is CNC(C1=COCCC1)c1cc(Cl)ccc1Cl. The number of likely N-dealkylation sites (N-methyl/N-ethyl adjacent to an activating group) is 1. The molecule has 92 valence electrons. The monoisotopic (exact) mass is 271 g/mol. The number of hydrogen-bond donors (Lipinski definition) is 1. The summed E-state index contributed by atoms with van der Waals surface area (Å²) in [5.41, 5.74) is 2.21. The fourth-order valence-electron chi connectivity index (χ4n) is 2.07. The summed E-state index contributed by atoms with van der Waals surface area (Å²) in [4.78, 5) is 0. The van der Waals surface area contributed by atoms with E-state index in [2.05, 4.69) is 5.32 Å². The van der Waals surface area contributed by atoms with Crippen LogP contribution in [0.25, 0.3) is 0 Å². The molecule has 1 aromatic rings. The van der Waals surface area contributed by atoms with E-state index >= 15 is 0 Å². The van der Waals surface area contributed by atoms with Crippen molar-refractivity contribution in [3.05, 3.63) is 45.6 Å². The maximum atomic E-state index is 6.22. The third-order valence-electron chi connectivity index (χ3n) is 2.89. The zero-order chi connectivity index (χ0) is 12.3. The van der Waals surface area contributed by atoms with Crippen molar-refractivity contribution in [1.29, 1.82) is 0 Å². The van der Waals surface area contributed by atoms with Gasteiger partial charge in [-0.05, 0) is 49.2 Å². The second-order valence-electron chi connectivity index (χ2n) is 4.05. The summed E-state index contributed by atoms with van der Waals surface area (Å²) >= 11 is 12.2. The van der Waals surface area contributed by atoms with Gasteiger partial charge in [-0.2, -0.15) is 0 Å². The molecule has 1 aromatic carbocycles.